The summed E-state index contributed by atoms with van der Waals surface area (Å²) >= 11 is 0. The highest BCUT2D eigenvalue weighted by Gasteiger charge is 2.48. The van der Waals surface area contributed by atoms with Gasteiger partial charge in [-0.1, -0.05) is 12.1 Å². The number of benzene rings is 1. The van der Waals surface area contributed by atoms with Gasteiger partial charge in [0.1, 0.15) is 22.9 Å². The van der Waals surface area contributed by atoms with Crippen LogP contribution >= 0.6 is 12.4 Å². The van der Waals surface area contributed by atoms with Crippen LogP contribution in [0.25, 0.3) is 5.69 Å². The second kappa shape index (κ2) is 9.12. The van der Waals surface area contributed by atoms with Gasteiger partial charge in [0, 0.05) is 25.0 Å². The molecule has 3 heterocycles. The summed E-state index contributed by atoms with van der Waals surface area (Å²) in [6, 6.07) is 11.9. The molecule has 8 nitrogen and oxygen atoms in total. The molecule has 168 valence electrons. The average Bonchev–Trinajstić information content (AvgIpc) is 3.39. The van der Waals surface area contributed by atoms with Gasteiger partial charge in [-0.2, -0.15) is 10.2 Å². The van der Waals surface area contributed by atoms with Crippen LogP contribution in [-0.2, 0) is 4.74 Å². The number of ether oxygens (including phenoxy) is 1. The van der Waals surface area contributed by atoms with Gasteiger partial charge in [0.25, 0.3) is 0 Å². The zero-order valence-corrected chi connectivity index (χ0v) is 18.2. The van der Waals surface area contributed by atoms with Crippen molar-refractivity contribution in [1.82, 2.24) is 20.0 Å². The number of aromatic nitrogens is 4. The van der Waals surface area contributed by atoms with E-state index in [-0.39, 0.29) is 24.3 Å². The summed E-state index contributed by atoms with van der Waals surface area (Å²) in [6.45, 7) is 1.28. The van der Waals surface area contributed by atoms with E-state index in [9.17, 15) is 9.18 Å². The van der Waals surface area contributed by atoms with E-state index in [2.05, 4.69) is 20.6 Å². The first-order chi connectivity index (χ1) is 15.1. The van der Waals surface area contributed by atoms with Crippen LogP contribution in [-0.4, -0.2) is 44.8 Å². The van der Waals surface area contributed by atoms with Gasteiger partial charge >= 0.3 is 6.09 Å². The van der Waals surface area contributed by atoms with Crippen LogP contribution in [0.2, 0.25) is 0 Å². The SMILES string of the molecule is Cl.O=C1OC2(CCC(CNc3ccn(-c4ccccc4F)n3)CC2)CN1c1cccnn1. The Labute approximate surface area is 191 Å². The van der Waals surface area contributed by atoms with Gasteiger partial charge in [-0.05, 0) is 55.9 Å². The quantitative estimate of drug-likeness (QED) is 0.616. The highest BCUT2D eigenvalue weighted by molar-refractivity contribution is 5.89. The topological polar surface area (TPSA) is 85.2 Å². The van der Waals surface area contributed by atoms with Gasteiger partial charge in [0.2, 0.25) is 0 Å². The Morgan fingerprint density at radius 3 is 2.72 bits per heavy atom. The van der Waals surface area contributed by atoms with Crippen molar-refractivity contribution < 1.29 is 13.9 Å². The van der Waals surface area contributed by atoms with Crippen molar-refractivity contribution in [2.75, 3.05) is 23.3 Å². The number of para-hydroxylation sites is 1. The van der Waals surface area contributed by atoms with Crippen LogP contribution in [0, 0.1) is 11.7 Å². The summed E-state index contributed by atoms with van der Waals surface area (Å²) < 4.78 is 21.3. The summed E-state index contributed by atoms with van der Waals surface area (Å²) in [5, 5.41) is 15.7. The summed E-state index contributed by atoms with van der Waals surface area (Å²) in [4.78, 5) is 13.9. The fraction of sp³-hybridized carbons (Fsp3) is 0.364. The number of anilines is 2. The fourth-order valence-electron chi connectivity index (χ4n) is 4.34. The summed E-state index contributed by atoms with van der Waals surface area (Å²) in [6.07, 6.45) is 6.49. The first-order valence-corrected chi connectivity index (χ1v) is 10.4. The molecule has 1 amide bonds. The van der Waals surface area contributed by atoms with Crippen LogP contribution in [0.5, 0.6) is 0 Å². The lowest BCUT2D eigenvalue weighted by Gasteiger charge is -2.35. The van der Waals surface area contributed by atoms with E-state index >= 15 is 0 Å². The molecule has 0 bridgehead atoms. The van der Waals surface area contributed by atoms with Crippen LogP contribution in [0.15, 0.2) is 54.9 Å². The molecule has 10 heteroatoms. The number of hydrogen-bond donors (Lipinski definition) is 1. The molecule has 1 saturated heterocycles. The molecule has 2 aliphatic rings. The number of carbonyl (C=O) groups excluding carboxylic acids is 1. The van der Waals surface area contributed by atoms with Crippen LogP contribution in [0.1, 0.15) is 25.7 Å². The molecule has 32 heavy (non-hydrogen) atoms. The van der Waals surface area contributed by atoms with Gasteiger partial charge in [-0.3, -0.25) is 4.90 Å². The van der Waals surface area contributed by atoms with Crippen molar-refractivity contribution in [2.24, 2.45) is 5.92 Å². The van der Waals surface area contributed by atoms with Gasteiger partial charge in [0.15, 0.2) is 5.82 Å². The predicted octanol–water partition coefficient (Wildman–Crippen LogP) is 4.22. The average molecular weight is 459 g/mol. The number of carbonyl (C=O) groups is 1. The molecule has 0 radical (unpaired) electrons. The fourth-order valence-corrected chi connectivity index (χ4v) is 4.34. The van der Waals surface area contributed by atoms with Gasteiger partial charge in [0.05, 0.1) is 6.54 Å². The molecule has 5 rings (SSSR count). The molecule has 0 unspecified atom stereocenters. The molecule has 1 saturated carbocycles. The predicted molar refractivity (Wildman–Crippen MR) is 120 cm³/mol. The number of nitrogens with one attached hydrogen (secondary N) is 1. The van der Waals surface area contributed by atoms with E-state index in [0.717, 1.165) is 32.2 Å². The number of nitrogens with zero attached hydrogens (tertiary/aromatic N) is 5. The Morgan fingerprint density at radius 2 is 1.97 bits per heavy atom. The van der Waals surface area contributed by atoms with Crippen molar-refractivity contribution >= 4 is 30.1 Å². The Bertz CT molecular complexity index is 1070. The molecule has 1 aromatic carbocycles. The maximum absolute atomic E-state index is 13.9. The number of amides is 1. The smallest absolute Gasteiger partial charge is 0.416 e. The van der Waals surface area contributed by atoms with Crippen molar-refractivity contribution in [1.29, 1.82) is 0 Å². The second-order valence-electron chi connectivity index (χ2n) is 8.14. The minimum Gasteiger partial charge on any atom is -0.441 e. The first kappa shape index (κ1) is 22.0. The summed E-state index contributed by atoms with van der Waals surface area (Å²) in [5.41, 5.74) is -0.0248. The van der Waals surface area contributed by atoms with E-state index < -0.39 is 5.60 Å². The third-order valence-corrected chi connectivity index (χ3v) is 6.08. The van der Waals surface area contributed by atoms with Gasteiger partial charge in [-0.15, -0.1) is 17.5 Å². The standard InChI is InChI=1S/C22H23FN6O2.ClH/c23-17-4-1-2-5-18(17)29-13-9-19(27-29)24-14-16-7-10-22(11-8-16)15-28(21(30)31-22)20-6-3-12-25-26-20;/h1-6,9,12-13,16H,7-8,10-11,14-15H2,(H,24,27);1H. The zero-order chi connectivity index (χ0) is 21.3. The molecule has 1 N–H and O–H groups in total. The van der Waals surface area contributed by atoms with E-state index in [1.807, 2.05) is 6.07 Å². The number of hydrogen-bond acceptors (Lipinski definition) is 6. The van der Waals surface area contributed by atoms with Crippen molar-refractivity contribution in [3.8, 4) is 5.69 Å². The maximum atomic E-state index is 13.9. The minimum absolute atomic E-state index is 0. The summed E-state index contributed by atoms with van der Waals surface area (Å²) in [7, 11) is 0. The lowest BCUT2D eigenvalue weighted by atomic mass is 9.78. The van der Waals surface area contributed by atoms with E-state index in [4.69, 9.17) is 4.74 Å². The molecule has 0 atom stereocenters. The van der Waals surface area contributed by atoms with Crippen molar-refractivity contribution in [3.05, 3.63) is 60.7 Å². The molecule has 2 aromatic heterocycles. The summed E-state index contributed by atoms with van der Waals surface area (Å²) in [5.74, 6) is 1.38. The molecule has 3 aromatic rings. The number of rotatable bonds is 5. The Balaban J connectivity index is 0.00000245. The van der Waals surface area contributed by atoms with Gasteiger partial charge in [-0.25, -0.2) is 13.9 Å². The molecular formula is C22H24ClFN6O2. The highest BCUT2D eigenvalue weighted by atomic mass is 35.5. The van der Waals surface area contributed by atoms with E-state index in [1.165, 1.54) is 10.7 Å². The second-order valence-corrected chi connectivity index (χ2v) is 8.14. The van der Waals surface area contributed by atoms with Gasteiger partial charge < -0.3 is 10.1 Å². The molecule has 1 aliphatic carbocycles. The Hall–Kier alpha value is -3.20. The highest BCUT2D eigenvalue weighted by Crippen LogP contribution is 2.40. The first-order valence-electron chi connectivity index (χ1n) is 10.4. The molecule has 1 aliphatic heterocycles. The lowest BCUT2D eigenvalue weighted by molar-refractivity contribution is 0.0148. The Kier molecular flexibility index (Phi) is 6.27. The molecule has 2 fully saturated rings. The Morgan fingerprint density at radius 1 is 1.16 bits per heavy atom. The third kappa shape index (κ3) is 4.38. The monoisotopic (exact) mass is 458 g/mol. The largest absolute Gasteiger partial charge is 0.441 e. The zero-order valence-electron chi connectivity index (χ0n) is 17.4. The van der Waals surface area contributed by atoms with Crippen LogP contribution in [0.3, 0.4) is 0 Å². The molecule has 1 spiro atoms. The van der Waals surface area contributed by atoms with Crippen molar-refractivity contribution in [2.45, 2.75) is 31.3 Å². The minimum atomic E-state index is -0.447. The van der Waals surface area contributed by atoms with E-state index in [0.29, 0.717) is 29.8 Å². The van der Waals surface area contributed by atoms with Crippen LogP contribution < -0.4 is 10.2 Å². The third-order valence-electron chi connectivity index (χ3n) is 6.08. The molecular weight excluding hydrogens is 435 g/mol. The number of halogens is 2. The van der Waals surface area contributed by atoms with Crippen molar-refractivity contribution in [3.63, 3.8) is 0 Å². The van der Waals surface area contributed by atoms with Crippen LogP contribution in [0.4, 0.5) is 20.8 Å². The normalized spacial score (nSPS) is 22.5. The maximum Gasteiger partial charge on any atom is 0.416 e. The van der Waals surface area contributed by atoms with E-state index in [1.54, 1.807) is 47.6 Å². The lowest BCUT2D eigenvalue weighted by Crippen LogP contribution is -2.39.